The normalized spacial score (nSPS) is 11.3. The molecule has 4 nitrogen and oxygen atoms in total. The molecule has 0 radical (unpaired) electrons. The van der Waals surface area contributed by atoms with Crippen molar-refractivity contribution in [2.24, 2.45) is 0 Å². The summed E-state index contributed by atoms with van der Waals surface area (Å²) in [5.41, 5.74) is 0.940. The first kappa shape index (κ1) is 11.9. The Morgan fingerprint density at radius 3 is 2.67 bits per heavy atom. The Balaban J connectivity index is 2.83. The van der Waals surface area contributed by atoms with E-state index in [1.54, 1.807) is 4.57 Å². The maximum atomic E-state index is 11.4. The molecular weight excluding hydrogens is 190 g/mol. The van der Waals surface area contributed by atoms with Gasteiger partial charge in [0.15, 0.2) is 0 Å². The van der Waals surface area contributed by atoms with Crippen LogP contribution in [0.2, 0.25) is 0 Å². The van der Waals surface area contributed by atoms with E-state index in [9.17, 15) is 4.79 Å². The van der Waals surface area contributed by atoms with Crippen LogP contribution in [0.15, 0.2) is 17.2 Å². The molecule has 0 atom stereocenters. The van der Waals surface area contributed by atoms with Crippen molar-refractivity contribution < 1.29 is 0 Å². The van der Waals surface area contributed by atoms with Crippen molar-refractivity contribution in [3.8, 4) is 0 Å². The van der Waals surface area contributed by atoms with Gasteiger partial charge in [-0.3, -0.25) is 9.78 Å². The van der Waals surface area contributed by atoms with E-state index in [0.717, 1.165) is 18.7 Å². The molecule has 1 rings (SSSR count). The van der Waals surface area contributed by atoms with Crippen LogP contribution in [0.25, 0.3) is 0 Å². The predicted octanol–water partition coefficient (Wildman–Crippen LogP) is 0.928. The summed E-state index contributed by atoms with van der Waals surface area (Å²) < 4.78 is 1.72. The minimum atomic E-state index is -0.0291. The summed E-state index contributed by atoms with van der Waals surface area (Å²) in [5.74, 6) is 0. The van der Waals surface area contributed by atoms with Crippen LogP contribution in [0, 0.1) is 0 Å². The molecule has 1 aromatic heterocycles. The smallest absolute Gasteiger partial charge is 0.269 e. The molecule has 0 aliphatic rings. The van der Waals surface area contributed by atoms with Gasteiger partial charge in [0.25, 0.3) is 5.56 Å². The van der Waals surface area contributed by atoms with E-state index in [-0.39, 0.29) is 11.6 Å². The topological polar surface area (TPSA) is 38.1 Å². The van der Waals surface area contributed by atoms with Crippen molar-refractivity contribution in [2.45, 2.75) is 26.3 Å². The van der Waals surface area contributed by atoms with Crippen molar-refractivity contribution in [1.82, 2.24) is 14.5 Å². The van der Waals surface area contributed by atoms with E-state index < -0.39 is 0 Å². The number of hydrogen-bond donors (Lipinski definition) is 0. The standard InChI is InChI=1S/C11H19N3O/c1-9(2)14-8-10(5-6-13(3)4)12-7-11(14)15/h7-9H,5-6H2,1-4H3. The fraction of sp³-hybridized carbons (Fsp3) is 0.636. The van der Waals surface area contributed by atoms with Crippen LogP contribution in [0.5, 0.6) is 0 Å². The van der Waals surface area contributed by atoms with Gasteiger partial charge < -0.3 is 9.47 Å². The first-order valence-electron chi connectivity index (χ1n) is 5.22. The summed E-state index contributed by atoms with van der Waals surface area (Å²) in [6.07, 6.45) is 4.14. The molecule has 0 saturated carbocycles. The summed E-state index contributed by atoms with van der Waals surface area (Å²) in [7, 11) is 4.05. The van der Waals surface area contributed by atoms with Crippen LogP contribution in [0.3, 0.4) is 0 Å². The zero-order valence-corrected chi connectivity index (χ0v) is 9.90. The Labute approximate surface area is 90.6 Å². The summed E-state index contributed by atoms with van der Waals surface area (Å²) >= 11 is 0. The minimum absolute atomic E-state index is 0.0291. The largest absolute Gasteiger partial charge is 0.310 e. The fourth-order valence-electron chi connectivity index (χ4n) is 1.33. The molecular formula is C11H19N3O. The highest BCUT2D eigenvalue weighted by molar-refractivity contribution is 4.98. The average Bonchev–Trinajstić information content (AvgIpc) is 2.16. The first-order chi connectivity index (χ1) is 7.00. The Bertz CT molecular complexity index is 368. The van der Waals surface area contributed by atoms with Gasteiger partial charge in [-0.2, -0.15) is 0 Å². The summed E-state index contributed by atoms with van der Waals surface area (Å²) in [6, 6.07) is 0.193. The second-order valence-corrected chi connectivity index (χ2v) is 4.27. The fourth-order valence-corrected chi connectivity index (χ4v) is 1.33. The SMILES string of the molecule is CC(C)n1cc(CCN(C)C)ncc1=O. The van der Waals surface area contributed by atoms with Crippen molar-refractivity contribution >= 4 is 0 Å². The summed E-state index contributed by atoms with van der Waals surface area (Å²) in [6.45, 7) is 4.94. The summed E-state index contributed by atoms with van der Waals surface area (Å²) in [5, 5.41) is 0. The lowest BCUT2D eigenvalue weighted by Crippen LogP contribution is -2.23. The Hall–Kier alpha value is -1.16. The molecule has 0 amide bonds. The third-order valence-electron chi connectivity index (χ3n) is 2.25. The zero-order valence-electron chi connectivity index (χ0n) is 9.90. The lowest BCUT2D eigenvalue weighted by Gasteiger charge is -2.12. The second kappa shape index (κ2) is 5.07. The van der Waals surface area contributed by atoms with Gasteiger partial charge in [-0.1, -0.05) is 0 Å². The van der Waals surface area contributed by atoms with Gasteiger partial charge in [-0.25, -0.2) is 0 Å². The number of likely N-dealkylation sites (N-methyl/N-ethyl adjacent to an activating group) is 1. The van der Waals surface area contributed by atoms with Crippen LogP contribution in [0.4, 0.5) is 0 Å². The molecule has 4 heteroatoms. The van der Waals surface area contributed by atoms with Crippen LogP contribution >= 0.6 is 0 Å². The van der Waals surface area contributed by atoms with Crippen LogP contribution in [-0.2, 0) is 6.42 Å². The number of hydrogen-bond acceptors (Lipinski definition) is 3. The highest BCUT2D eigenvalue weighted by Crippen LogP contribution is 2.01. The second-order valence-electron chi connectivity index (χ2n) is 4.27. The number of nitrogens with zero attached hydrogens (tertiary/aromatic N) is 3. The van der Waals surface area contributed by atoms with E-state index >= 15 is 0 Å². The monoisotopic (exact) mass is 209 g/mol. The van der Waals surface area contributed by atoms with Gasteiger partial charge in [-0.05, 0) is 27.9 Å². The average molecular weight is 209 g/mol. The lowest BCUT2D eigenvalue weighted by atomic mass is 10.3. The molecule has 1 heterocycles. The van der Waals surface area contributed by atoms with E-state index in [1.807, 2.05) is 34.1 Å². The van der Waals surface area contributed by atoms with Gasteiger partial charge >= 0.3 is 0 Å². The van der Waals surface area contributed by atoms with Gasteiger partial charge in [0, 0.05) is 25.2 Å². The molecule has 15 heavy (non-hydrogen) atoms. The molecule has 0 saturated heterocycles. The predicted molar refractivity (Wildman–Crippen MR) is 61.1 cm³/mol. The van der Waals surface area contributed by atoms with E-state index in [2.05, 4.69) is 9.88 Å². The van der Waals surface area contributed by atoms with E-state index in [4.69, 9.17) is 0 Å². The Kier molecular flexibility index (Phi) is 4.03. The van der Waals surface area contributed by atoms with Gasteiger partial charge in [0.05, 0.1) is 11.9 Å². The van der Waals surface area contributed by atoms with Crippen LogP contribution < -0.4 is 5.56 Å². The highest BCUT2D eigenvalue weighted by Gasteiger charge is 2.03. The van der Waals surface area contributed by atoms with Crippen LogP contribution in [0.1, 0.15) is 25.6 Å². The van der Waals surface area contributed by atoms with E-state index in [1.165, 1.54) is 6.20 Å². The third kappa shape index (κ3) is 3.47. The zero-order chi connectivity index (χ0) is 11.4. The number of aromatic nitrogens is 2. The number of rotatable bonds is 4. The van der Waals surface area contributed by atoms with Crippen molar-refractivity contribution in [1.29, 1.82) is 0 Å². The molecule has 84 valence electrons. The quantitative estimate of drug-likeness (QED) is 0.740. The van der Waals surface area contributed by atoms with Crippen LogP contribution in [-0.4, -0.2) is 35.1 Å². The van der Waals surface area contributed by atoms with Crippen molar-refractivity contribution in [3.05, 3.63) is 28.4 Å². The molecule has 0 fully saturated rings. The van der Waals surface area contributed by atoms with Gasteiger partial charge in [0.2, 0.25) is 0 Å². The molecule has 0 aromatic carbocycles. The molecule has 1 aromatic rings. The first-order valence-corrected chi connectivity index (χ1v) is 5.22. The molecule has 0 N–H and O–H groups in total. The van der Waals surface area contributed by atoms with Gasteiger partial charge in [-0.15, -0.1) is 0 Å². The van der Waals surface area contributed by atoms with Gasteiger partial charge in [0.1, 0.15) is 0 Å². The van der Waals surface area contributed by atoms with E-state index in [0.29, 0.717) is 0 Å². The maximum Gasteiger partial charge on any atom is 0.269 e. The molecule has 0 spiro atoms. The third-order valence-corrected chi connectivity index (χ3v) is 2.25. The summed E-state index contributed by atoms with van der Waals surface area (Å²) in [4.78, 5) is 17.7. The highest BCUT2D eigenvalue weighted by atomic mass is 16.1. The van der Waals surface area contributed by atoms with Crippen molar-refractivity contribution in [2.75, 3.05) is 20.6 Å². The molecule has 0 aliphatic carbocycles. The molecule has 0 unspecified atom stereocenters. The minimum Gasteiger partial charge on any atom is -0.310 e. The van der Waals surface area contributed by atoms with Crippen molar-refractivity contribution in [3.63, 3.8) is 0 Å². The Morgan fingerprint density at radius 1 is 1.47 bits per heavy atom. The lowest BCUT2D eigenvalue weighted by molar-refractivity contribution is 0.410. The maximum absolute atomic E-state index is 11.4. The molecule has 0 aliphatic heterocycles. The Morgan fingerprint density at radius 2 is 2.13 bits per heavy atom. The molecule has 0 bridgehead atoms.